The maximum atomic E-state index is 12.5. The Morgan fingerprint density at radius 1 is 1.18 bits per heavy atom. The first-order chi connectivity index (χ1) is 10.6. The Morgan fingerprint density at radius 2 is 2.00 bits per heavy atom. The van der Waals surface area contributed by atoms with E-state index in [9.17, 15) is 4.79 Å². The monoisotopic (exact) mass is 295 g/mol. The van der Waals surface area contributed by atoms with E-state index in [1.54, 1.807) is 6.07 Å². The number of pyridine rings is 1. The van der Waals surface area contributed by atoms with Gasteiger partial charge in [-0.1, -0.05) is 6.07 Å². The second-order valence-electron chi connectivity index (χ2n) is 5.26. The molecule has 6 heteroatoms. The number of benzene rings is 1. The van der Waals surface area contributed by atoms with E-state index in [-0.39, 0.29) is 5.91 Å². The Kier molecular flexibility index (Phi) is 3.50. The number of carbonyl (C=O) groups excluding carboxylic acids is 1. The summed E-state index contributed by atoms with van der Waals surface area (Å²) in [5.74, 6) is 0.609. The van der Waals surface area contributed by atoms with Crippen molar-refractivity contribution in [2.24, 2.45) is 0 Å². The number of amides is 1. The van der Waals surface area contributed by atoms with Crippen LogP contribution in [0.1, 0.15) is 16.2 Å². The third-order valence-electron chi connectivity index (χ3n) is 3.48. The van der Waals surface area contributed by atoms with Gasteiger partial charge in [0.2, 0.25) is 0 Å². The lowest BCUT2D eigenvalue weighted by atomic mass is 10.1. The van der Waals surface area contributed by atoms with E-state index in [1.165, 1.54) is 0 Å². The molecule has 112 valence electrons. The molecule has 0 aliphatic rings. The maximum Gasteiger partial charge on any atom is 0.255 e. The molecule has 0 saturated heterocycles. The summed E-state index contributed by atoms with van der Waals surface area (Å²) in [4.78, 5) is 14.4. The van der Waals surface area contributed by atoms with Crippen molar-refractivity contribution in [3.63, 3.8) is 0 Å². The average molecular weight is 295 g/mol. The minimum Gasteiger partial charge on any atom is -0.378 e. The molecule has 2 heterocycles. The second-order valence-corrected chi connectivity index (χ2v) is 5.26. The molecule has 0 aliphatic heterocycles. The third-order valence-corrected chi connectivity index (χ3v) is 3.48. The van der Waals surface area contributed by atoms with Gasteiger partial charge in [-0.05, 0) is 37.3 Å². The smallest absolute Gasteiger partial charge is 0.255 e. The van der Waals surface area contributed by atoms with Crippen molar-refractivity contribution < 1.29 is 4.79 Å². The van der Waals surface area contributed by atoms with E-state index in [4.69, 9.17) is 0 Å². The SMILES string of the molecule is Cc1nnc2c(NC(=O)c3cccc(N(C)C)c3)cccn12. The van der Waals surface area contributed by atoms with Gasteiger partial charge in [0.05, 0.1) is 5.69 Å². The van der Waals surface area contributed by atoms with Crippen molar-refractivity contribution in [1.29, 1.82) is 0 Å². The summed E-state index contributed by atoms with van der Waals surface area (Å²) in [5.41, 5.74) is 2.86. The van der Waals surface area contributed by atoms with Crippen LogP contribution < -0.4 is 10.2 Å². The standard InChI is InChI=1S/C16H17N5O/c1-11-18-19-15-14(8-5-9-21(11)15)17-16(22)12-6-4-7-13(10-12)20(2)3/h4-10H,1-3H3,(H,17,22). The zero-order valence-corrected chi connectivity index (χ0v) is 12.7. The number of hydrogen-bond acceptors (Lipinski definition) is 4. The van der Waals surface area contributed by atoms with Crippen molar-refractivity contribution >= 4 is 22.9 Å². The molecule has 0 atom stereocenters. The molecule has 0 saturated carbocycles. The van der Waals surface area contributed by atoms with E-state index in [1.807, 2.05) is 66.8 Å². The van der Waals surface area contributed by atoms with Gasteiger partial charge in [0.1, 0.15) is 5.82 Å². The molecule has 2 aromatic heterocycles. The quantitative estimate of drug-likeness (QED) is 0.805. The second kappa shape index (κ2) is 5.48. The van der Waals surface area contributed by atoms with Gasteiger partial charge in [0, 0.05) is 31.5 Å². The van der Waals surface area contributed by atoms with Gasteiger partial charge in [-0.3, -0.25) is 9.20 Å². The number of nitrogens with zero attached hydrogens (tertiary/aromatic N) is 4. The van der Waals surface area contributed by atoms with Gasteiger partial charge in [0.25, 0.3) is 5.91 Å². The van der Waals surface area contributed by atoms with Crippen LogP contribution in [0.15, 0.2) is 42.6 Å². The first-order valence-electron chi connectivity index (χ1n) is 6.95. The number of anilines is 2. The molecule has 3 aromatic rings. The van der Waals surface area contributed by atoms with Crippen molar-refractivity contribution in [3.05, 3.63) is 54.0 Å². The molecule has 0 radical (unpaired) electrons. The summed E-state index contributed by atoms with van der Waals surface area (Å²) in [6.45, 7) is 1.87. The maximum absolute atomic E-state index is 12.5. The molecule has 0 aliphatic carbocycles. The molecule has 6 nitrogen and oxygen atoms in total. The normalized spacial score (nSPS) is 10.7. The van der Waals surface area contributed by atoms with E-state index in [0.717, 1.165) is 11.5 Å². The first kappa shape index (κ1) is 14.1. The zero-order chi connectivity index (χ0) is 15.7. The number of aromatic nitrogens is 3. The van der Waals surface area contributed by atoms with E-state index >= 15 is 0 Å². The zero-order valence-electron chi connectivity index (χ0n) is 12.7. The molecular formula is C16H17N5O. The highest BCUT2D eigenvalue weighted by Gasteiger charge is 2.11. The van der Waals surface area contributed by atoms with Gasteiger partial charge in [0.15, 0.2) is 5.65 Å². The van der Waals surface area contributed by atoms with Crippen molar-refractivity contribution in [3.8, 4) is 0 Å². The van der Waals surface area contributed by atoms with Crippen LogP contribution in [0, 0.1) is 6.92 Å². The number of aryl methyl sites for hydroxylation is 1. The molecule has 1 N–H and O–H groups in total. The highest BCUT2D eigenvalue weighted by atomic mass is 16.1. The Morgan fingerprint density at radius 3 is 2.77 bits per heavy atom. The van der Waals surface area contributed by atoms with Crippen molar-refractivity contribution in [1.82, 2.24) is 14.6 Å². The molecule has 22 heavy (non-hydrogen) atoms. The predicted octanol–water partition coefficient (Wildman–Crippen LogP) is 2.36. The lowest BCUT2D eigenvalue weighted by molar-refractivity contribution is 0.102. The van der Waals surface area contributed by atoms with Gasteiger partial charge in [-0.2, -0.15) is 0 Å². The van der Waals surface area contributed by atoms with Crippen molar-refractivity contribution in [2.75, 3.05) is 24.3 Å². The topological polar surface area (TPSA) is 62.5 Å². The number of fused-ring (bicyclic) bond motifs is 1. The molecule has 3 rings (SSSR count). The minimum atomic E-state index is -0.169. The van der Waals surface area contributed by atoms with Crippen LogP contribution in [0.2, 0.25) is 0 Å². The average Bonchev–Trinajstić information content (AvgIpc) is 2.90. The third kappa shape index (κ3) is 2.50. The summed E-state index contributed by atoms with van der Waals surface area (Å²) < 4.78 is 1.84. The number of carbonyl (C=O) groups is 1. The Balaban J connectivity index is 1.92. The Bertz CT molecular complexity index is 837. The van der Waals surface area contributed by atoms with Crippen LogP contribution in [0.3, 0.4) is 0 Å². The number of nitrogens with one attached hydrogen (secondary N) is 1. The minimum absolute atomic E-state index is 0.169. The summed E-state index contributed by atoms with van der Waals surface area (Å²) in [7, 11) is 3.88. The molecule has 0 bridgehead atoms. The first-order valence-corrected chi connectivity index (χ1v) is 6.95. The predicted molar refractivity (Wildman–Crippen MR) is 86.4 cm³/mol. The highest BCUT2D eigenvalue weighted by Crippen LogP contribution is 2.18. The summed E-state index contributed by atoms with van der Waals surface area (Å²) >= 11 is 0. The van der Waals surface area contributed by atoms with Crippen LogP contribution in [0.5, 0.6) is 0 Å². The molecule has 0 fully saturated rings. The molecule has 1 aromatic carbocycles. The molecule has 0 spiro atoms. The van der Waals surface area contributed by atoms with E-state index in [2.05, 4.69) is 15.5 Å². The van der Waals surface area contributed by atoms with Gasteiger partial charge >= 0.3 is 0 Å². The lowest BCUT2D eigenvalue weighted by Crippen LogP contribution is -2.14. The van der Waals surface area contributed by atoms with Crippen LogP contribution in [-0.2, 0) is 0 Å². The Hall–Kier alpha value is -2.89. The highest BCUT2D eigenvalue weighted by molar-refractivity contribution is 6.06. The number of hydrogen-bond donors (Lipinski definition) is 1. The van der Waals surface area contributed by atoms with E-state index < -0.39 is 0 Å². The summed E-state index contributed by atoms with van der Waals surface area (Å²) in [6, 6.07) is 11.1. The van der Waals surface area contributed by atoms with Gasteiger partial charge in [-0.25, -0.2) is 0 Å². The van der Waals surface area contributed by atoms with Gasteiger partial charge in [-0.15, -0.1) is 10.2 Å². The summed E-state index contributed by atoms with van der Waals surface area (Å²) in [6.07, 6.45) is 1.87. The van der Waals surface area contributed by atoms with Crippen molar-refractivity contribution in [2.45, 2.75) is 6.92 Å². The molecule has 1 amide bonds. The largest absolute Gasteiger partial charge is 0.378 e. The summed E-state index contributed by atoms with van der Waals surface area (Å²) in [5, 5.41) is 11.0. The molecular weight excluding hydrogens is 278 g/mol. The van der Waals surface area contributed by atoms with Crippen LogP contribution in [0.25, 0.3) is 5.65 Å². The molecule has 0 unspecified atom stereocenters. The van der Waals surface area contributed by atoms with E-state index in [0.29, 0.717) is 16.9 Å². The lowest BCUT2D eigenvalue weighted by Gasteiger charge is -2.13. The fourth-order valence-corrected chi connectivity index (χ4v) is 2.25. The Labute approximate surface area is 128 Å². The fraction of sp³-hybridized carbons (Fsp3) is 0.188. The van der Waals surface area contributed by atoms with Crippen LogP contribution in [-0.4, -0.2) is 34.6 Å². The fourth-order valence-electron chi connectivity index (χ4n) is 2.25. The van der Waals surface area contributed by atoms with Crippen LogP contribution >= 0.6 is 0 Å². The van der Waals surface area contributed by atoms with Crippen LogP contribution in [0.4, 0.5) is 11.4 Å². The number of rotatable bonds is 3. The van der Waals surface area contributed by atoms with Gasteiger partial charge < -0.3 is 10.2 Å².